The summed E-state index contributed by atoms with van der Waals surface area (Å²) in [4.78, 5) is 19.8. The van der Waals surface area contributed by atoms with E-state index in [1.807, 2.05) is 13.8 Å². The van der Waals surface area contributed by atoms with Gasteiger partial charge in [-0.3, -0.25) is 0 Å². The van der Waals surface area contributed by atoms with Crippen LogP contribution < -0.4 is 0 Å². The van der Waals surface area contributed by atoms with Gasteiger partial charge in [-0.25, -0.2) is 9.59 Å². The van der Waals surface area contributed by atoms with Crippen molar-refractivity contribution in [2.75, 3.05) is 6.61 Å². The molecule has 0 amide bonds. The molecule has 0 saturated carbocycles. The second kappa shape index (κ2) is 15.9. The monoisotopic (exact) mass is 268 g/mol. The molecule has 0 unspecified atom stereocenters. The van der Waals surface area contributed by atoms with Crippen LogP contribution in [0.25, 0.3) is 0 Å². The molecular weight excluding hydrogens is 244 g/mol. The average Bonchev–Trinajstić information content (AvgIpc) is 2.36. The molecule has 0 fully saturated rings. The van der Waals surface area contributed by atoms with Crippen molar-refractivity contribution in [3.8, 4) is 0 Å². The fourth-order valence-corrected chi connectivity index (χ4v) is 0.318. The van der Waals surface area contributed by atoms with Crippen molar-refractivity contribution in [2.24, 2.45) is 0 Å². The van der Waals surface area contributed by atoms with Crippen molar-refractivity contribution in [2.45, 2.75) is 27.2 Å². The maximum absolute atomic E-state index is 10.6. The van der Waals surface area contributed by atoms with Crippen LogP contribution in [0.2, 0.25) is 0 Å². The predicted octanol–water partition coefficient (Wildman–Crippen LogP) is 3.52. The van der Waals surface area contributed by atoms with Gasteiger partial charge < -0.3 is 9.84 Å². The number of rotatable bonds is 5. The molecule has 1 N–H and O–H groups in total. The van der Waals surface area contributed by atoms with Gasteiger partial charge in [-0.2, -0.15) is 0 Å². The Morgan fingerprint density at radius 2 is 1.53 bits per heavy atom. The van der Waals surface area contributed by atoms with E-state index in [1.165, 1.54) is 0 Å². The lowest BCUT2D eigenvalue weighted by molar-refractivity contribution is -0.139. The number of carboxylic acid groups (broad SMARTS) is 1. The van der Waals surface area contributed by atoms with Crippen LogP contribution in [-0.2, 0) is 14.3 Å². The molecule has 4 heteroatoms. The Labute approximate surface area is 115 Å². The summed E-state index contributed by atoms with van der Waals surface area (Å²) in [6.07, 6.45) is 3.42. The third-order valence-corrected chi connectivity index (χ3v) is 1.31. The number of hydrogen-bond acceptors (Lipinski definition) is 3. The van der Waals surface area contributed by atoms with E-state index in [0.29, 0.717) is 12.2 Å². The van der Waals surface area contributed by atoms with Crippen molar-refractivity contribution in [1.29, 1.82) is 0 Å². The molecule has 0 heterocycles. The normalized spacial score (nSPS) is 7.53. The molecule has 0 aliphatic heterocycles. The van der Waals surface area contributed by atoms with E-state index < -0.39 is 5.97 Å². The highest BCUT2D eigenvalue weighted by Crippen LogP contribution is 1.91. The van der Waals surface area contributed by atoms with Gasteiger partial charge in [0.1, 0.15) is 0 Å². The summed E-state index contributed by atoms with van der Waals surface area (Å²) in [5.74, 6) is -1.28. The van der Waals surface area contributed by atoms with E-state index >= 15 is 0 Å². The summed E-state index contributed by atoms with van der Waals surface area (Å²) in [5, 5.41) is 7.60. The smallest absolute Gasteiger partial charge is 0.333 e. The summed E-state index contributed by atoms with van der Waals surface area (Å²) in [6, 6.07) is 0. The summed E-state index contributed by atoms with van der Waals surface area (Å²) in [7, 11) is 0. The van der Waals surface area contributed by atoms with E-state index in [4.69, 9.17) is 9.84 Å². The Hall–Kier alpha value is -2.10. The molecule has 0 atom stereocenters. The SMILES string of the molecule is C=C(C)C(=O)OCCC.C=CC(=C)C.C=CC(=O)O. The summed E-state index contributed by atoms with van der Waals surface area (Å²) in [6.45, 7) is 19.4. The lowest BCUT2D eigenvalue weighted by Crippen LogP contribution is -2.04. The van der Waals surface area contributed by atoms with Crippen LogP contribution in [0.3, 0.4) is 0 Å². The first kappa shape index (κ1) is 22.1. The lowest BCUT2D eigenvalue weighted by atomic mass is 10.4. The highest BCUT2D eigenvalue weighted by atomic mass is 16.5. The van der Waals surface area contributed by atoms with Crippen LogP contribution in [0.5, 0.6) is 0 Å². The van der Waals surface area contributed by atoms with Crippen molar-refractivity contribution >= 4 is 11.9 Å². The highest BCUT2D eigenvalue weighted by Gasteiger charge is 1.99. The Kier molecular flexibility index (Phi) is 18.5. The number of hydrogen-bond donors (Lipinski definition) is 1. The third-order valence-electron chi connectivity index (χ3n) is 1.31. The third kappa shape index (κ3) is 31.3. The number of esters is 1. The average molecular weight is 268 g/mol. The number of ether oxygens (including phenoxy) is 1. The van der Waals surface area contributed by atoms with Gasteiger partial charge >= 0.3 is 11.9 Å². The maximum atomic E-state index is 10.6. The van der Waals surface area contributed by atoms with Gasteiger partial charge in [-0.05, 0) is 20.3 Å². The second-order valence-corrected chi connectivity index (χ2v) is 3.51. The highest BCUT2D eigenvalue weighted by molar-refractivity contribution is 5.86. The van der Waals surface area contributed by atoms with E-state index in [9.17, 15) is 9.59 Å². The van der Waals surface area contributed by atoms with Crippen LogP contribution in [0.1, 0.15) is 27.2 Å². The summed E-state index contributed by atoms with van der Waals surface area (Å²) in [5.41, 5.74) is 1.48. The number of aliphatic carboxylic acids is 1. The Balaban J connectivity index is -0.000000219. The maximum Gasteiger partial charge on any atom is 0.333 e. The van der Waals surface area contributed by atoms with Crippen LogP contribution in [0, 0.1) is 0 Å². The van der Waals surface area contributed by atoms with Gasteiger partial charge in [-0.15, -0.1) is 0 Å². The van der Waals surface area contributed by atoms with Crippen molar-refractivity contribution in [3.05, 3.63) is 49.6 Å². The fourth-order valence-electron chi connectivity index (χ4n) is 0.318. The van der Waals surface area contributed by atoms with Crippen LogP contribution >= 0.6 is 0 Å². The molecule has 0 spiro atoms. The van der Waals surface area contributed by atoms with E-state index in [2.05, 4.69) is 26.3 Å². The standard InChI is InChI=1S/C7H12O2.C5H8.C3H4O2/c1-4-5-9-7(8)6(2)3;1-4-5(2)3;1-2-3(4)5/h2,4-5H2,1,3H3;4H,1-2H2,3H3;2H,1H2,(H,4,5). The van der Waals surface area contributed by atoms with Gasteiger partial charge in [0.05, 0.1) is 6.61 Å². The minimum absolute atomic E-state index is 0.295. The lowest BCUT2D eigenvalue weighted by Gasteiger charge is -1.99. The summed E-state index contributed by atoms with van der Waals surface area (Å²) < 4.78 is 4.71. The molecular formula is C15H24O4. The Morgan fingerprint density at radius 1 is 1.16 bits per heavy atom. The van der Waals surface area contributed by atoms with Crippen LogP contribution in [0.4, 0.5) is 0 Å². The van der Waals surface area contributed by atoms with E-state index in [1.54, 1.807) is 13.0 Å². The molecule has 0 aromatic heterocycles. The number of carbonyl (C=O) groups excluding carboxylic acids is 1. The van der Waals surface area contributed by atoms with Crippen LogP contribution in [-0.4, -0.2) is 23.7 Å². The molecule has 0 radical (unpaired) electrons. The molecule has 0 aromatic rings. The predicted molar refractivity (Wildman–Crippen MR) is 78.9 cm³/mol. The van der Waals surface area contributed by atoms with E-state index in [0.717, 1.165) is 18.1 Å². The first-order valence-electron chi connectivity index (χ1n) is 5.68. The fraction of sp³-hybridized carbons (Fsp3) is 0.333. The van der Waals surface area contributed by atoms with Crippen molar-refractivity contribution < 1.29 is 19.4 Å². The minimum atomic E-state index is -0.981. The largest absolute Gasteiger partial charge is 0.478 e. The van der Waals surface area contributed by atoms with Gasteiger partial charge in [0.15, 0.2) is 0 Å². The Morgan fingerprint density at radius 3 is 1.68 bits per heavy atom. The summed E-state index contributed by atoms with van der Waals surface area (Å²) >= 11 is 0. The molecule has 4 nitrogen and oxygen atoms in total. The molecule has 0 aromatic carbocycles. The van der Waals surface area contributed by atoms with Gasteiger partial charge in [-0.1, -0.05) is 44.9 Å². The number of allylic oxidation sites excluding steroid dienone is 2. The zero-order valence-electron chi connectivity index (χ0n) is 12.1. The topological polar surface area (TPSA) is 63.6 Å². The van der Waals surface area contributed by atoms with Crippen molar-refractivity contribution in [1.82, 2.24) is 0 Å². The van der Waals surface area contributed by atoms with Crippen molar-refractivity contribution in [3.63, 3.8) is 0 Å². The number of carbonyl (C=O) groups is 2. The minimum Gasteiger partial charge on any atom is -0.478 e. The Bertz CT molecular complexity index is 309. The first-order valence-corrected chi connectivity index (χ1v) is 5.68. The molecule has 108 valence electrons. The van der Waals surface area contributed by atoms with E-state index in [-0.39, 0.29) is 5.97 Å². The van der Waals surface area contributed by atoms with Crippen LogP contribution in [0.15, 0.2) is 49.6 Å². The molecule has 0 aliphatic rings. The number of carboxylic acids is 1. The van der Waals surface area contributed by atoms with Gasteiger partial charge in [0.2, 0.25) is 0 Å². The first-order chi connectivity index (χ1) is 8.72. The molecule has 19 heavy (non-hydrogen) atoms. The molecule has 0 rings (SSSR count). The quantitative estimate of drug-likeness (QED) is 0.470. The van der Waals surface area contributed by atoms with Gasteiger partial charge in [0, 0.05) is 11.6 Å². The second-order valence-electron chi connectivity index (χ2n) is 3.51. The zero-order chi connectivity index (χ0) is 15.8. The van der Waals surface area contributed by atoms with Gasteiger partial charge in [0.25, 0.3) is 0 Å². The molecule has 0 aliphatic carbocycles. The zero-order valence-corrected chi connectivity index (χ0v) is 12.1. The molecule has 0 bridgehead atoms. The molecule has 0 saturated heterocycles.